The fraction of sp³-hybridized carbons (Fsp3) is 0.200. The van der Waals surface area contributed by atoms with Crippen molar-refractivity contribution in [3.8, 4) is 11.3 Å². The maximum absolute atomic E-state index is 12.1. The lowest BCUT2D eigenvalue weighted by molar-refractivity contribution is 0.0601. The highest BCUT2D eigenvalue weighted by Crippen LogP contribution is 2.35. The molecule has 6 heteroatoms. The van der Waals surface area contributed by atoms with Gasteiger partial charge in [0, 0.05) is 21.5 Å². The van der Waals surface area contributed by atoms with Crippen LogP contribution in [0.1, 0.15) is 40.6 Å². The smallest absolute Gasteiger partial charge is 0.337 e. The summed E-state index contributed by atoms with van der Waals surface area (Å²) in [6, 6.07) is 20.3. The summed E-state index contributed by atoms with van der Waals surface area (Å²) in [5.41, 5.74) is 4.81. The van der Waals surface area contributed by atoms with Gasteiger partial charge in [-0.1, -0.05) is 50.2 Å². The second-order valence-electron chi connectivity index (χ2n) is 7.50. The van der Waals surface area contributed by atoms with Crippen LogP contribution in [0, 0.1) is 0 Å². The predicted octanol–water partition coefficient (Wildman–Crippen LogP) is 7.12. The molecule has 4 aromatic rings. The number of carbonyl (C=O) groups is 1. The molecule has 0 atom stereocenters. The summed E-state index contributed by atoms with van der Waals surface area (Å²) in [5, 5.41) is 5.05. The largest absolute Gasteiger partial charge is 0.465 e. The number of aromatic nitrogens is 1. The molecule has 0 radical (unpaired) electrons. The molecular formula is C25H24N2O2S2. The number of methoxy groups -OCH3 is 1. The lowest BCUT2D eigenvalue weighted by atomic mass is 10.0. The number of benzene rings is 2. The van der Waals surface area contributed by atoms with Gasteiger partial charge in [0.2, 0.25) is 0 Å². The second kappa shape index (κ2) is 9.45. The minimum atomic E-state index is -0.344. The van der Waals surface area contributed by atoms with Crippen molar-refractivity contribution >= 4 is 39.5 Å². The molecule has 0 N–H and O–H groups in total. The van der Waals surface area contributed by atoms with Crippen LogP contribution in [0.15, 0.2) is 71.4 Å². The fourth-order valence-electron chi connectivity index (χ4n) is 3.31. The fourth-order valence-corrected chi connectivity index (χ4v) is 4.85. The van der Waals surface area contributed by atoms with Crippen LogP contribution in [0.5, 0.6) is 0 Å². The van der Waals surface area contributed by atoms with Crippen molar-refractivity contribution in [2.45, 2.75) is 26.3 Å². The highest BCUT2D eigenvalue weighted by molar-refractivity contribution is 7.14. The van der Waals surface area contributed by atoms with Crippen LogP contribution in [0.4, 0.5) is 10.8 Å². The van der Waals surface area contributed by atoms with Gasteiger partial charge in [-0.2, -0.15) is 0 Å². The Morgan fingerprint density at radius 2 is 1.87 bits per heavy atom. The molecule has 2 aromatic heterocycles. The molecule has 0 fully saturated rings. The maximum atomic E-state index is 12.1. The van der Waals surface area contributed by atoms with E-state index in [1.165, 1.54) is 17.6 Å². The normalized spacial score (nSPS) is 11.0. The summed E-state index contributed by atoms with van der Waals surface area (Å²) in [6.45, 7) is 5.07. The number of thiazole rings is 1. The average Bonchev–Trinajstić information content (AvgIpc) is 3.49. The summed E-state index contributed by atoms with van der Waals surface area (Å²) >= 11 is 3.31. The number of hydrogen-bond donors (Lipinski definition) is 0. The van der Waals surface area contributed by atoms with E-state index < -0.39 is 0 Å². The highest BCUT2D eigenvalue weighted by Gasteiger charge is 2.17. The standard InChI is InChI=1S/C25H24N2O2S2/c1-17(2)18-9-11-19(12-10-18)23-16-31-25(26-23)27(15-22-8-5-13-30-22)21-7-4-6-20(14-21)24(28)29-3/h4-14,16-17H,15H2,1-3H3. The molecule has 0 aliphatic rings. The van der Waals surface area contributed by atoms with Gasteiger partial charge in [0.15, 0.2) is 5.13 Å². The van der Waals surface area contributed by atoms with Crippen LogP contribution in [-0.2, 0) is 11.3 Å². The lowest BCUT2D eigenvalue weighted by Gasteiger charge is -2.22. The van der Waals surface area contributed by atoms with E-state index in [4.69, 9.17) is 9.72 Å². The monoisotopic (exact) mass is 448 g/mol. The maximum Gasteiger partial charge on any atom is 0.337 e. The molecule has 0 saturated carbocycles. The van der Waals surface area contributed by atoms with Gasteiger partial charge in [0.1, 0.15) is 0 Å². The van der Waals surface area contributed by atoms with E-state index >= 15 is 0 Å². The Labute approximate surface area is 190 Å². The van der Waals surface area contributed by atoms with Gasteiger partial charge in [-0.25, -0.2) is 9.78 Å². The zero-order valence-corrected chi connectivity index (χ0v) is 19.4. The molecule has 31 heavy (non-hydrogen) atoms. The third-order valence-electron chi connectivity index (χ3n) is 5.07. The molecule has 2 aromatic carbocycles. The Morgan fingerprint density at radius 3 is 2.55 bits per heavy atom. The van der Waals surface area contributed by atoms with E-state index in [9.17, 15) is 4.79 Å². The number of hydrogen-bond acceptors (Lipinski definition) is 6. The molecule has 0 aliphatic heterocycles. The van der Waals surface area contributed by atoms with Crippen molar-refractivity contribution in [1.82, 2.24) is 4.98 Å². The Hall–Kier alpha value is -2.96. The van der Waals surface area contributed by atoms with Crippen LogP contribution >= 0.6 is 22.7 Å². The van der Waals surface area contributed by atoms with E-state index in [0.29, 0.717) is 18.0 Å². The minimum absolute atomic E-state index is 0.344. The molecule has 2 heterocycles. The Bertz CT molecular complexity index is 1150. The van der Waals surface area contributed by atoms with Crippen molar-refractivity contribution in [3.63, 3.8) is 0 Å². The molecule has 0 bridgehead atoms. The first-order valence-electron chi connectivity index (χ1n) is 10.1. The molecule has 0 amide bonds. The summed E-state index contributed by atoms with van der Waals surface area (Å²) in [6.07, 6.45) is 0. The van der Waals surface area contributed by atoms with Crippen molar-refractivity contribution < 1.29 is 9.53 Å². The number of anilines is 2. The topological polar surface area (TPSA) is 42.4 Å². The van der Waals surface area contributed by atoms with E-state index in [1.807, 2.05) is 24.3 Å². The Kier molecular flexibility index (Phi) is 6.49. The number of thiophene rings is 1. The van der Waals surface area contributed by atoms with Crippen molar-refractivity contribution in [2.75, 3.05) is 12.0 Å². The van der Waals surface area contributed by atoms with Gasteiger partial charge >= 0.3 is 5.97 Å². The first kappa shape index (κ1) is 21.3. The Morgan fingerprint density at radius 1 is 1.06 bits per heavy atom. The summed E-state index contributed by atoms with van der Waals surface area (Å²) < 4.78 is 4.90. The van der Waals surface area contributed by atoms with E-state index in [2.05, 4.69) is 59.8 Å². The van der Waals surface area contributed by atoms with Crippen molar-refractivity contribution in [3.05, 3.63) is 87.4 Å². The molecule has 0 unspecified atom stereocenters. The molecule has 0 spiro atoms. The van der Waals surface area contributed by atoms with Crippen LogP contribution in [0.2, 0.25) is 0 Å². The van der Waals surface area contributed by atoms with Gasteiger partial charge < -0.3 is 9.64 Å². The van der Waals surface area contributed by atoms with E-state index in [-0.39, 0.29) is 5.97 Å². The molecule has 158 valence electrons. The molecule has 0 saturated heterocycles. The second-order valence-corrected chi connectivity index (χ2v) is 9.37. The number of carbonyl (C=O) groups excluding carboxylic acids is 1. The van der Waals surface area contributed by atoms with E-state index in [0.717, 1.165) is 22.1 Å². The van der Waals surface area contributed by atoms with Crippen LogP contribution < -0.4 is 4.90 Å². The zero-order valence-electron chi connectivity index (χ0n) is 17.7. The van der Waals surface area contributed by atoms with Crippen LogP contribution in [-0.4, -0.2) is 18.1 Å². The van der Waals surface area contributed by atoms with Crippen molar-refractivity contribution in [1.29, 1.82) is 0 Å². The number of esters is 1. The minimum Gasteiger partial charge on any atom is -0.465 e. The van der Waals surface area contributed by atoms with Crippen molar-refractivity contribution in [2.24, 2.45) is 0 Å². The highest BCUT2D eigenvalue weighted by atomic mass is 32.1. The number of ether oxygens (including phenoxy) is 1. The SMILES string of the molecule is COC(=O)c1cccc(N(Cc2cccs2)c2nc(-c3ccc(C(C)C)cc3)cs2)c1. The quantitative estimate of drug-likeness (QED) is 0.282. The molecule has 0 aliphatic carbocycles. The van der Waals surface area contributed by atoms with Crippen LogP contribution in [0.3, 0.4) is 0 Å². The van der Waals surface area contributed by atoms with Gasteiger partial charge in [-0.15, -0.1) is 22.7 Å². The predicted molar refractivity (Wildman–Crippen MR) is 130 cm³/mol. The Balaban J connectivity index is 1.69. The first-order valence-corrected chi connectivity index (χ1v) is 11.8. The van der Waals surface area contributed by atoms with E-state index in [1.54, 1.807) is 28.7 Å². The number of nitrogens with zero attached hydrogens (tertiary/aromatic N) is 2. The number of rotatable bonds is 7. The van der Waals surface area contributed by atoms with Gasteiger partial charge in [0.05, 0.1) is 24.9 Å². The average molecular weight is 449 g/mol. The van der Waals surface area contributed by atoms with Gasteiger partial charge in [-0.3, -0.25) is 0 Å². The zero-order chi connectivity index (χ0) is 21.8. The third-order valence-corrected chi connectivity index (χ3v) is 6.79. The molecule has 4 rings (SSSR count). The third kappa shape index (κ3) is 4.86. The lowest BCUT2D eigenvalue weighted by Crippen LogP contribution is -2.16. The van der Waals surface area contributed by atoms with Gasteiger partial charge in [-0.05, 0) is 41.1 Å². The first-order chi connectivity index (χ1) is 15.0. The summed E-state index contributed by atoms with van der Waals surface area (Å²) in [5.74, 6) is 0.159. The molecular weight excluding hydrogens is 424 g/mol. The van der Waals surface area contributed by atoms with Gasteiger partial charge in [0.25, 0.3) is 0 Å². The van der Waals surface area contributed by atoms with Crippen LogP contribution in [0.25, 0.3) is 11.3 Å². The molecule has 4 nitrogen and oxygen atoms in total. The summed E-state index contributed by atoms with van der Waals surface area (Å²) in [4.78, 5) is 20.4. The summed E-state index contributed by atoms with van der Waals surface area (Å²) in [7, 11) is 1.40.